The zero-order valence-electron chi connectivity index (χ0n) is 4.59. The Hall–Kier alpha value is -0.860. The molecule has 3 heteroatoms. The maximum absolute atomic E-state index is 9.13. The third-order valence-corrected chi connectivity index (χ3v) is 0.147. The van der Waals surface area contributed by atoms with Crippen LogP contribution < -0.4 is 5.73 Å². The van der Waals surface area contributed by atoms with Gasteiger partial charge >= 0.3 is 0 Å². The van der Waals surface area contributed by atoms with Gasteiger partial charge in [0, 0.05) is 0 Å². The Balaban J connectivity index is 0. The zero-order valence-corrected chi connectivity index (χ0v) is 4.59. The SMILES string of the molecule is CC.NC=NC=O. The number of carbonyl (C=O) groups is 1. The molecule has 0 saturated carbocycles. The summed E-state index contributed by atoms with van der Waals surface area (Å²) in [7, 11) is 0. The van der Waals surface area contributed by atoms with E-state index in [1.807, 2.05) is 13.8 Å². The van der Waals surface area contributed by atoms with Crippen molar-refractivity contribution in [3.05, 3.63) is 0 Å². The Bertz CT molecular complexity index is 51.7. The molecule has 0 rings (SSSR count). The lowest BCUT2D eigenvalue weighted by Crippen LogP contribution is -1.86. The predicted octanol–water partition coefficient (Wildman–Crippen LogP) is 0.156. The van der Waals surface area contributed by atoms with E-state index in [1.165, 1.54) is 0 Å². The number of hydrogen-bond acceptors (Lipinski definition) is 1. The van der Waals surface area contributed by atoms with E-state index in [0.29, 0.717) is 6.41 Å². The van der Waals surface area contributed by atoms with Crippen LogP contribution in [0.2, 0.25) is 0 Å². The number of aliphatic imine (C=N–C) groups is 1. The lowest BCUT2D eigenvalue weighted by atomic mass is 11.0. The molecule has 0 aliphatic heterocycles. The minimum atomic E-state index is 0.375. The van der Waals surface area contributed by atoms with Gasteiger partial charge in [0.05, 0.1) is 6.34 Å². The lowest BCUT2D eigenvalue weighted by molar-refractivity contribution is -0.106. The van der Waals surface area contributed by atoms with Gasteiger partial charge in [-0.2, -0.15) is 0 Å². The van der Waals surface area contributed by atoms with E-state index in [0.717, 1.165) is 6.34 Å². The summed E-state index contributed by atoms with van der Waals surface area (Å²) in [4.78, 5) is 12.1. The Morgan fingerprint density at radius 2 is 2.00 bits per heavy atom. The quantitative estimate of drug-likeness (QED) is 0.291. The fourth-order valence-corrected chi connectivity index (χ4v) is 0.0351. The highest BCUT2D eigenvalue weighted by atomic mass is 16.1. The van der Waals surface area contributed by atoms with E-state index in [-0.39, 0.29) is 0 Å². The number of hydrogen-bond donors (Lipinski definition) is 1. The normalized spacial score (nSPS) is 7.14. The fraction of sp³-hybridized carbons (Fsp3) is 0.500. The van der Waals surface area contributed by atoms with Crippen molar-refractivity contribution < 1.29 is 4.79 Å². The van der Waals surface area contributed by atoms with Crippen molar-refractivity contribution in [3.8, 4) is 0 Å². The highest BCUT2D eigenvalue weighted by molar-refractivity contribution is 5.65. The second-order valence-electron chi connectivity index (χ2n) is 0.404. The molecule has 0 aromatic carbocycles. The smallest absolute Gasteiger partial charge is 0.234 e. The maximum atomic E-state index is 9.13. The number of amides is 1. The predicted molar refractivity (Wildman–Crippen MR) is 30.1 cm³/mol. The molecule has 0 aliphatic carbocycles. The standard InChI is InChI=1S/C2H4N2O.C2H6/c3-1-4-2-5;1-2/h1-2H,(H2,3,4,5);1-2H3. The van der Waals surface area contributed by atoms with Crippen LogP contribution in [-0.2, 0) is 4.79 Å². The summed E-state index contributed by atoms with van der Waals surface area (Å²) in [5.74, 6) is 0. The molecule has 0 aromatic rings. The van der Waals surface area contributed by atoms with Gasteiger partial charge in [-0.1, -0.05) is 13.8 Å². The van der Waals surface area contributed by atoms with Gasteiger partial charge in [0.25, 0.3) is 0 Å². The fourth-order valence-electron chi connectivity index (χ4n) is 0.0351. The molecule has 7 heavy (non-hydrogen) atoms. The number of carbonyl (C=O) groups excluding carboxylic acids is 1. The van der Waals surface area contributed by atoms with Crippen molar-refractivity contribution in [1.29, 1.82) is 0 Å². The largest absolute Gasteiger partial charge is 0.390 e. The molecule has 0 unspecified atom stereocenters. The summed E-state index contributed by atoms with van der Waals surface area (Å²) < 4.78 is 0. The van der Waals surface area contributed by atoms with Crippen molar-refractivity contribution in [2.45, 2.75) is 13.8 Å². The first-order valence-electron chi connectivity index (χ1n) is 2.09. The molecular weight excluding hydrogens is 92.1 g/mol. The minimum absolute atomic E-state index is 0.375. The topological polar surface area (TPSA) is 55.4 Å². The Kier molecular flexibility index (Phi) is 26.0. The molecule has 0 aromatic heterocycles. The van der Waals surface area contributed by atoms with Gasteiger partial charge in [-0.3, -0.25) is 4.79 Å². The van der Waals surface area contributed by atoms with E-state index in [1.54, 1.807) is 0 Å². The van der Waals surface area contributed by atoms with Gasteiger partial charge in [-0.05, 0) is 0 Å². The van der Waals surface area contributed by atoms with E-state index in [9.17, 15) is 0 Å². The molecule has 3 nitrogen and oxygen atoms in total. The first-order valence-corrected chi connectivity index (χ1v) is 2.09. The lowest BCUT2D eigenvalue weighted by Gasteiger charge is -1.56. The van der Waals surface area contributed by atoms with E-state index < -0.39 is 0 Å². The first-order chi connectivity index (χ1) is 3.41. The maximum Gasteiger partial charge on any atom is 0.234 e. The van der Waals surface area contributed by atoms with Gasteiger partial charge in [-0.25, -0.2) is 4.99 Å². The van der Waals surface area contributed by atoms with E-state index in [2.05, 4.69) is 10.7 Å². The average Bonchev–Trinajstić information content (AvgIpc) is 1.75. The monoisotopic (exact) mass is 102 g/mol. The highest BCUT2D eigenvalue weighted by Crippen LogP contribution is 1.36. The van der Waals surface area contributed by atoms with E-state index in [4.69, 9.17) is 4.79 Å². The molecule has 0 spiro atoms. The minimum Gasteiger partial charge on any atom is -0.390 e. The summed E-state index contributed by atoms with van der Waals surface area (Å²) in [6.45, 7) is 4.00. The first kappa shape index (κ1) is 9.46. The number of nitrogens with two attached hydrogens (primary N) is 1. The highest BCUT2D eigenvalue weighted by Gasteiger charge is 1.46. The van der Waals surface area contributed by atoms with Crippen LogP contribution >= 0.6 is 0 Å². The molecule has 42 valence electrons. The van der Waals surface area contributed by atoms with Crippen LogP contribution in [0.1, 0.15) is 13.8 Å². The van der Waals surface area contributed by atoms with Crippen LogP contribution in [0.15, 0.2) is 4.99 Å². The van der Waals surface area contributed by atoms with Gasteiger partial charge < -0.3 is 5.73 Å². The van der Waals surface area contributed by atoms with Gasteiger partial charge in [-0.15, -0.1) is 0 Å². The van der Waals surface area contributed by atoms with Crippen LogP contribution in [0.4, 0.5) is 0 Å². The van der Waals surface area contributed by atoms with Crippen LogP contribution in [-0.4, -0.2) is 12.7 Å². The molecule has 0 fully saturated rings. The van der Waals surface area contributed by atoms with Crippen molar-refractivity contribution >= 4 is 12.7 Å². The van der Waals surface area contributed by atoms with Crippen molar-refractivity contribution in [3.63, 3.8) is 0 Å². The summed E-state index contributed by atoms with van der Waals surface area (Å²) in [6.07, 6.45) is 1.31. The molecule has 0 radical (unpaired) electrons. The van der Waals surface area contributed by atoms with E-state index >= 15 is 0 Å². The van der Waals surface area contributed by atoms with Crippen LogP contribution in [0.3, 0.4) is 0 Å². The Labute approximate surface area is 43.2 Å². The van der Waals surface area contributed by atoms with Gasteiger partial charge in [0.1, 0.15) is 0 Å². The number of nitrogens with zero attached hydrogens (tertiary/aromatic N) is 1. The Morgan fingerprint density at radius 1 is 1.57 bits per heavy atom. The van der Waals surface area contributed by atoms with Gasteiger partial charge in [0.15, 0.2) is 0 Å². The van der Waals surface area contributed by atoms with Crippen LogP contribution in [0.5, 0.6) is 0 Å². The molecule has 0 bridgehead atoms. The van der Waals surface area contributed by atoms with Crippen molar-refractivity contribution in [1.82, 2.24) is 0 Å². The molecule has 0 aliphatic rings. The number of rotatable bonds is 1. The summed E-state index contributed by atoms with van der Waals surface area (Å²) >= 11 is 0. The summed E-state index contributed by atoms with van der Waals surface area (Å²) in [5.41, 5.74) is 4.62. The van der Waals surface area contributed by atoms with Crippen LogP contribution in [0, 0.1) is 0 Å². The molecule has 0 saturated heterocycles. The Morgan fingerprint density at radius 3 is 2.00 bits per heavy atom. The molecule has 0 atom stereocenters. The summed E-state index contributed by atoms with van der Waals surface area (Å²) in [6, 6.07) is 0. The molecular formula is C4H10N2O. The molecule has 2 N–H and O–H groups in total. The third kappa shape index (κ3) is 39.0. The third-order valence-electron chi connectivity index (χ3n) is 0.147. The second-order valence-corrected chi connectivity index (χ2v) is 0.404. The molecule has 0 heterocycles. The van der Waals surface area contributed by atoms with Gasteiger partial charge in [0.2, 0.25) is 6.41 Å². The second kappa shape index (κ2) is 19.2. The zero-order chi connectivity index (χ0) is 6.12. The van der Waals surface area contributed by atoms with Crippen molar-refractivity contribution in [2.75, 3.05) is 0 Å². The summed E-state index contributed by atoms with van der Waals surface area (Å²) in [5, 5.41) is 0. The van der Waals surface area contributed by atoms with Crippen LogP contribution in [0.25, 0.3) is 0 Å². The average molecular weight is 102 g/mol. The van der Waals surface area contributed by atoms with Crippen molar-refractivity contribution in [2.24, 2.45) is 10.7 Å². The molecule has 1 amide bonds.